The molecule has 0 radical (unpaired) electrons. The van der Waals surface area contributed by atoms with Crippen LogP contribution >= 0.6 is 15.9 Å². The molecule has 5 rings (SSSR count). The molecule has 256 valence electrons. The van der Waals surface area contributed by atoms with Crippen LogP contribution in [0.3, 0.4) is 0 Å². The lowest BCUT2D eigenvalue weighted by Gasteiger charge is -2.29. The Kier molecular flexibility index (Phi) is 11.9. The van der Waals surface area contributed by atoms with Crippen LogP contribution in [-0.2, 0) is 21.4 Å². The minimum absolute atomic E-state index is 0.0937. The number of carbonyl (C=O) groups is 3. The van der Waals surface area contributed by atoms with Crippen molar-refractivity contribution in [3.63, 3.8) is 0 Å². The first-order valence-corrected chi connectivity index (χ1v) is 18.6. The molecule has 0 unspecified atom stereocenters. The molecule has 3 aromatic rings. The maximum atomic E-state index is 13.9. The maximum absolute atomic E-state index is 13.9. The summed E-state index contributed by atoms with van der Waals surface area (Å²) in [6.45, 7) is 5.14. The summed E-state index contributed by atoms with van der Waals surface area (Å²) in [6.07, 6.45) is 3.33. The fourth-order valence-electron chi connectivity index (χ4n) is 5.50. The fourth-order valence-corrected chi connectivity index (χ4v) is 7.07. The number of hydrogen-bond acceptors (Lipinski definition) is 6. The highest BCUT2D eigenvalue weighted by atomic mass is 79.9. The summed E-state index contributed by atoms with van der Waals surface area (Å²) in [4.78, 5) is 40.2. The summed E-state index contributed by atoms with van der Waals surface area (Å²) in [6, 6.07) is 20.5. The van der Waals surface area contributed by atoms with Crippen molar-refractivity contribution in [1.29, 1.82) is 0 Å². The molecule has 13 heteroatoms. The lowest BCUT2D eigenvalue weighted by Crippen LogP contribution is -2.50. The van der Waals surface area contributed by atoms with Gasteiger partial charge in [0, 0.05) is 47.8 Å². The summed E-state index contributed by atoms with van der Waals surface area (Å²) < 4.78 is 30.6. The van der Waals surface area contributed by atoms with Crippen molar-refractivity contribution in [3.05, 3.63) is 99.5 Å². The normalized spacial score (nSPS) is 17.5. The molecular weight excluding hydrogens is 696 g/mol. The monoisotopic (exact) mass is 738 g/mol. The van der Waals surface area contributed by atoms with E-state index in [4.69, 9.17) is 0 Å². The van der Waals surface area contributed by atoms with E-state index < -0.39 is 34.1 Å². The average molecular weight is 740 g/mol. The van der Waals surface area contributed by atoms with E-state index >= 15 is 0 Å². The van der Waals surface area contributed by atoms with Crippen LogP contribution in [-0.4, -0.2) is 64.4 Å². The van der Waals surface area contributed by atoms with Gasteiger partial charge in [-0.25, -0.2) is 0 Å². The molecule has 1 aliphatic carbocycles. The van der Waals surface area contributed by atoms with Crippen LogP contribution in [0.2, 0.25) is 0 Å². The van der Waals surface area contributed by atoms with E-state index in [9.17, 15) is 22.8 Å². The summed E-state index contributed by atoms with van der Waals surface area (Å²) in [5.74, 6) is -0.447. The van der Waals surface area contributed by atoms with Crippen LogP contribution in [0.1, 0.15) is 71.0 Å². The molecule has 48 heavy (non-hydrogen) atoms. The number of halogens is 1. The third-order valence-electron chi connectivity index (χ3n) is 8.55. The quantitative estimate of drug-likeness (QED) is 0.170. The molecule has 3 atom stereocenters. The van der Waals surface area contributed by atoms with Crippen LogP contribution in [0, 0.1) is 5.92 Å². The van der Waals surface area contributed by atoms with Gasteiger partial charge in [0.15, 0.2) is 0 Å². The Balaban J connectivity index is 1.38. The van der Waals surface area contributed by atoms with E-state index in [0.29, 0.717) is 38.4 Å². The molecule has 2 fully saturated rings. The van der Waals surface area contributed by atoms with E-state index in [2.05, 4.69) is 41.9 Å². The van der Waals surface area contributed by atoms with E-state index in [-0.39, 0.29) is 35.3 Å². The second-order valence-corrected chi connectivity index (χ2v) is 15.1. The zero-order chi connectivity index (χ0) is 34.3. The molecule has 3 aromatic carbocycles. The summed E-state index contributed by atoms with van der Waals surface area (Å²) in [5, 5.41) is 12.3. The second-order valence-electron chi connectivity index (χ2n) is 12.5. The van der Waals surface area contributed by atoms with Gasteiger partial charge in [0.05, 0.1) is 17.8 Å². The van der Waals surface area contributed by atoms with Gasteiger partial charge < -0.3 is 21.3 Å². The highest BCUT2D eigenvalue weighted by Gasteiger charge is 2.28. The van der Waals surface area contributed by atoms with Gasteiger partial charge in [0.25, 0.3) is 11.8 Å². The standard InChI is InChI=1S/C35H43BrN6O5S/c1-23(27-11-13-30(36)14-12-27)40-34(44)28-18-29(20-32(19-28)42-16-6-15-39-48(42,46)47)35(45)41-31(17-25-7-4-3-5-8-25)22-37-24(2)33(43)38-21-26-9-10-26/h3-5,7-8,11-14,18-20,23-24,26,31,37,39H,6,9-10,15-17,21-22H2,1-2H3,(H,38,43)(H,40,44)(H,41,45)/t23-,24+,31+/m1/s1. The summed E-state index contributed by atoms with van der Waals surface area (Å²) >= 11 is 3.42. The first kappa shape index (κ1) is 35.5. The predicted molar refractivity (Wildman–Crippen MR) is 190 cm³/mol. The van der Waals surface area contributed by atoms with E-state index in [1.54, 1.807) is 6.92 Å². The van der Waals surface area contributed by atoms with Crippen molar-refractivity contribution in [1.82, 2.24) is 26.0 Å². The molecule has 2 aliphatic rings. The molecule has 11 nitrogen and oxygen atoms in total. The molecule has 0 aromatic heterocycles. The topological polar surface area (TPSA) is 149 Å². The van der Waals surface area contributed by atoms with Gasteiger partial charge in [-0.1, -0.05) is 58.4 Å². The zero-order valence-corrected chi connectivity index (χ0v) is 29.6. The molecule has 5 N–H and O–H groups in total. The Hall–Kier alpha value is -3.78. The first-order chi connectivity index (χ1) is 23.0. The van der Waals surface area contributed by atoms with Crippen LogP contribution in [0.5, 0.6) is 0 Å². The van der Waals surface area contributed by atoms with E-state index in [0.717, 1.165) is 28.4 Å². The third kappa shape index (κ3) is 9.88. The minimum Gasteiger partial charge on any atom is -0.354 e. The molecular formula is C35H43BrN6O5S. The van der Waals surface area contributed by atoms with Crippen molar-refractivity contribution < 1.29 is 22.8 Å². The van der Waals surface area contributed by atoms with Crippen molar-refractivity contribution in [2.24, 2.45) is 5.92 Å². The van der Waals surface area contributed by atoms with Gasteiger partial charge in [-0.05, 0) is 86.9 Å². The molecule has 3 amide bonds. The summed E-state index contributed by atoms with van der Waals surface area (Å²) in [7, 11) is -3.86. The molecule has 0 spiro atoms. The van der Waals surface area contributed by atoms with Gasteiger partial charge >= 0.3 is 10.2 Å². The predicted octanol–water partition coefficient (Wildman–Crippen LogP) is 3.83. The van der Waals surface area contributed by atoms with Crippen LogP contribution in [0.25, 0.3) is 0 Å². The fraction of sp³-hybridized carbons (Fsp3) is 0.400. The van der Waals surface area contributed by atoms with Crippen molar-refractivity contribution in [2.45, 2.75) is 57.7 Å². The van der Waals surface area contributed by atoms with E-state index in [1.807, 2.05) is 61.5 Å². The van der Waals surface area contributed by atoms with Gasteiger partial charge in [-0.3, -0.25) is 18.7 Å². The summed E-state index contributed by atoms with van der Waals surface area (Å²) in [5.41, 5.74) is 2.39. The molecule has 1 saturated carbocycles. The lowest BCUT2D eigenvalue weighted by molar-refractivity contribution is -0.122. The SMILES string of the molecule is C[C@H](NC[C@H](Cc1ccccc1)NC(=O)c1cc(C(=O)N[C@H](C)c2ccc(Br)cc2)cc(N2CCCNS2(=O)=O)c1)C(=O)NCC1CC1. The third-order valence-corrected chi connectivity index (χ3v) is 10.6. The number of carbonyl (C=O) groups excluding carboxylic acids is 3. The van der Waals surface area contributed by atoms with Crippen molar-refractivity contribution >= 4 is 49.5 Å². The number of nitrogens with one attached hydrogen (secondary N) is 5. The Labute approximate surface area is 290 Å². The smallest absolute Gasteiger partial charge is 0.301 e. The lowest BCUT2D eigenvalue weighted by atomic mass is 10.0. The Bertz CT molecular complexity index is 1700. The first-order valence-electron chi connectivity index (χ1n) is 16.3. The highest BCUT2D eigenvalue weighted by molar-refractivity contribution is 9.10. The van der Waals surface area contributed by atoms with Gasteiger partial charge in [0.1, 0.15) is 0 Å². The number of nitrogens with zero attached hydrogens (tertiary/aromatic N) is 1. The van der Waals surface area contributed by atoms with Gasteiger partial charge in [-0.2, -0.15) is 13.1 Å². The van der Waals surface area contributed by atoms with Crippen molar-refractivity contribution in [3.8, 4) is 0 Å². The largest absolute Gasteiger partial charge is 0.354 e. The number of amides is 3. The van der Waals surface area contributed by atoms with Gasteiger partial charge in [-0.15, -0.1) is 0 Å². The molecule has 1 heterocycles. The Morgan fingerprint density at radius 3 is 2.25 bits per heavy atom. The van der Waals surface area contributed by atoms with Crippen LogP contribution in [0.15, 0.2) is 77.3 Å². The second kappa shape index (κ2) is 16.1. The Morgan fingerprint density at radius 2 is 1.60 bits per heavy atom. The van der Waals surface area contributed by atoms with Gasteiger partial charge in [0.2, 0.25) is 5.91 Å². The van der Waals surface area contributed by atoms with Crippen molar-refractivity contribution in [2.75, 3.05) is 30.5 Å². The minimum atomic E-state index is -3.86. The number of hydrogen-bond donors (Lipinski definition) is 5. The zero-order valence-electron chi connectivity index (χ0n) is 27.2. The number of rotatable bonds is 14. The average Bonchev–Trinajstić information content (AvgIpc) is 3.91. The van der Waals surface area contributed by atoms with E-state index in [1.165, 1.54) is 22.5 Å². The number of benzene rings is 3. The molecule has 1 saturated heterocycles. The maximum Gasteiger partial charge on any atom is 0.301 e. The van der Waals surface area contributed by atoms with Crippen LogP contribution < -0.4 is 30.3 Å². The Morgan fingerprint density at radius 1 is 0.938 bits per heavy atom. The van der Waals surface area contributed by atoms with Crippen LogP contribution in [0.4, 0.5) is 5.69 Å². The molecule has 1 aliphatic heterocycles. The number of anilines is 1. The molecule has 0 bridgehead atoms. The highest BCUT2D eigenvalue weighted by Crippen LogP contribution is 2.27.